The zero-order valence-electron chi connectivity index (χ0n) is 6.40. The summed E-state index contributed by atoms with van der Waals surface area (Å²) in [6.07, 6.45) is 0.0724. The van der Waals surface area contributed by atoms with Crippen LogP contribution in [0.25, 0.3) is 0 Å². The molecule has 0 radical (unpaired) electrons. The molecule has 1 aromatic rings. The average Bonchev–Trinajstić information content (AvgIpc) is 2.16. The van der Waals surface area contributed by atoms with Crippen molar-refractivity contribution in [3.8, 4) is 0 Å². The van der Waals surface area contributed by atoms with Crippen molar-refractivity contribution in [2.24, 2.45) is 0 Å². The van der Waals surface area contributed by atoms with E-state index in [1.54, 1.807) is 0 Å². The van der Waals surface area contributed by atoms with Gasteiger partial charge in [-0.25, -0.2) is 0 Å². The Bertz CT molecular complexity index is 240. The van der Waals surface area contributed by atoms with Crippen molar-refractivity contribution in [2.75, 3.05) is 0 Å². The van der Waals surface area contributed by atoms with E-state index in [0.29, 0.717) is 6.54 Å². The predicted molar refractivity (Wildman–Crippen MR) is 42.3 cm³/mol. The van der Waals surface area contributed by atoms with Gasteiger partial charge in [-0.15, -0.1) is 5.23 Å². The number of hydrogen-bond donors (Lipinski definition) is 1. The summed E-state index contributed by atoms with van der Waals surface area (Å²) in [7, 11) is 0. The number of carbonyl (C=O) groups excluding carboxylic acids is 1. The molecule has 1 N–H and O–H groups in total. The number of nitrogens with zero attached hydrogens (tertiary/aromatic N) is 1. The van der Waals surface area contributed by atoms with Gasteiger partial charge in [0.15, 0.2) is 0 Å². The summed E-state index contributed by atoms with van der Waals surface area (Å²) >= 11 is 0. The smallest absolute Gasteiger partial charge is 0.254 e. The molecular formula is C8H9FN2O. The van der Waals surface area contributed by atoms with Crippen LogP contribution in [0.15, 0.2) is 30.3 Å². The molecule has 0 saturated carbocycles. The maximum Gasteiger partial charge on any atom is 0.254 e. The fraction of sp³-hybridized carbons (Fsp3) is 0.125. The highest BCUT2D eigenvalue weighted by Gasteiger charge is 1.95. The van der Waals surface area contributed by atoms with Crippen molar-refractivity contribution in [1.29, 1.82) is 0 Å². The Kier molecular flexibility index (Phi) is 3.22. The van der Waals surface area contributed by atoms with E-state index in [-0.39, 0.29) is 11.6 Å². The molecule has 0 aliphatic rings. The van der Waals surface area contributed by atoms with Crippen LogP contribution < -0.4 is 5.43 Å². The average molecular weight is 168 g/mol. The van der Waals surface area contributed by atoms with E-state index >= 15 is 0 Å². The summed E-state index contributed by atoms with van der Waals surface area (Å²) in [6.45, 7) is 0.302. The number of nitrogens with one attached hydrogen (secondary N) is 1. The standard InChI is InChI=1S/C8H9FN2O/c9-11(7-12)10-6-8-4-2-1-3-5-8/h1-5,7,10H,6H2. The molecule has 1 amide bonds. The molecule has 1 rings (SSSR count). The lowest BCUT2D eigenvalue weighted by Gasteiger charge is -2.06. The third kappa shape index (κ3) is 2.67. The van der Waals surface area contributed by atoms with Crippen LogP contribution in [0.3, 0.4) is 0 Å². The van der Waals surface area contributed by atoms with E-state index in [9.17, 15) is 9.28 Å². The monoisotopic (exact) mass is 168 g/mol. The Morgan fingerprint density at radius 1 is 1.42 bits per heavy atom. The van der Waals surface area contributed by atoms with Gasteiger partial charge < -0.3 is 0 Å². The highest BCUT2D eigenvalue weighted by atomic mass is 19.2. The third-order valence-electron chi connectivity index (χ3n) is 1.37. The first kappa shape index (κ1) is 8.67. The Morgan fingerprint density at radius 3 is 2.67 bits per heavy atom. The maximum atomic E-state index is 12.2. The Hall–Kier alpha value is -1.42. The van der Waals surface area contributed by atoms with Crippen LogP contribution in [0, 0.1) is 0 Å². The van der Waals surface area contributed by atoms with E-state index < -0.39 is 0 Å². The van der Waals surface area contributed by atoms with Crippen LogP contribution in [-0.4, -0.2) is 11.6 Å². The molecule has 12 heavy (non-hydrogen) atoms. The number of hydrogen-bond acceptors (Lipinski definition) is 2. The fourth-order valence-corrected chi connectivity index (χ4v) is 0.800. The quantitative estimate of drug-likeness (QED) is 0.414. The molecule has 4 heteroatoms. The number of halogens is 1. The molecule has 0 aliphatic carbocycles. The van der Waals surface area contributed by atoms with Gasteiger partial charge in [0, 0.05) is 6.54 Å². The highest BCUT2D eigenvalue weighted by Crippen LogP contribution is 1.97. The van der Waals surface area contributed by atoms with Crippen LogP contribution in [0.4, 0.5) is 4.48 Å². The highest BCUT2D eigenvalue weighted by molar-refractivity contribution is 5.43. The van der Waals surface area contributed by atoms with Crippen LogP contribution in [0.2, 0.25) is 0 Å². The van der Waals surface area contributed by atoms with Crippen molar-refractivity contribution >= 4 is 6.41 Å². The minimum atomic E-state index is -0.104. The van der Waals surface area contributed by atoms with Crippen molar-refractivity contribution in [3.05, 3.63) is 35.9 Å². The van der Waals surface area contributed by atoms with Crippen LogP contribution in [0.1, 0.15) is 5.56 Å². The fourth-order valence-electron chi connectivity index (χ4n) is 0.800. The molecule has 0 aliphatic heterocycles. The first-order chi connectivity index (χ1) is 5.83. The van der Waals surface area contributed by atoms with Crippen molar-refractivity contribution in [1.82, 2.24) is 10.7 Å². The molecule has 0 atom stereocenters. The van der Waals surface area contributed by atoms with E-state index in [1.165, 1.54) is 0 Å². The summed E-state index contributed by atoms with van der Waals surface area (Å²) in [6, 6.07) is 9.24. The molecule has 0 heterocycles. The van der Waals surface area contributed by atoms with Gasteiger partial charge in [0.05, 0.1) is 0 Å². The first-order valence-corrected chi connectivity index (χ1v) is 3.50. The summed E-state index contributed by atoms with van der Waals surface area (Å²) in [5.41, 5.74) is 3.17. The van der Waals surface area contributed by atoms with Crippen LogP contribution >= 0.6 is 0 Å². The number of hydrazine groups is 1. The molecular weight excluding hydrogens is 159 g/mol. The molecule has 0 spiro atoms. The number of rotatable bonds is 4. The molecule has 1 aromatic carbocycles. The van der Waals surface area contributed by atoms with Gasteiger partial charge in [0.25, 0.3) is 6.41 Å². The number of carbonyl (C=O) groups is 1. The van der Waals surface area contributed by atoms with Gasteiger partial charge in [-0.1, -0.05) is 34.8 Å². The van der Waals surface area contributed by atoms with Gasteiger partial charge in [-0.3, -0.25) is 4.79 Å². The van der Waals surface area contributed by atoms with Gasteiger partial charge in [0.1, 0.15) is 0 Å². The second kappa shape index (κ2) is 4.46. The first-order valence-electron chi connectivity index (χ1n) is 3.50. The molecule has 3 nitrogen and oxygen atoms in total. The third-order valence-corrected chi connectivity index (χ3v) is 1.37. The minimum Gasteiger partial charge on any atom is -0.274 e. The summed E-state index contributed by atoms with van der Waals surface area (Å²) in [5, 5.41) is -0.104. The summed E-state index contributed by atoms with van der Waals surface area (Å²) in [5.74, 6) is 0. The van der Waals surface area contributed by atoms with E-state index in [4.69, 9.17) is 0 Å². The van der Waals surface area contributed by atoms with Gasteiger partial charge >= 0.3 is 0 Å². The molecule has 0 saturated heterocycles. The van der Waals surface area contributed by atoms with Crippen molar-refractivity contribution < 1.29 is 9.28 Å². The van der Waals surface area contributed by atoms with E-state index in [0.717, 1.165) is 5.56 Å². The SMILES string of the molecule is O=CN(F)NCc1ccccc1. The molecule has 64 valence electrons. The van der Waals surface area contributed by atoms with Crippen LogP contribution in [0.5, 0.6) is 0 Å². The van der Waals surface area contributed by atoms with Gasteiger partial charge in [-0.05, 0) is 5.56 Å². The second-order valence-electron chi connectivity index (χ2n) is 2.24. The normalized spacial score (nSPS) is 9.42. The van der Waals surface area contributed by atoms with Crippen LogP contribution in [-0.2, 0) is 11.3 Å². The molecule has 0 unspecified atom stereocenters. The number of amides is 1. The second-order valence-corrected chi connectivity index (χ2v) is 2.24. The lowest BCUT2D eigenvalue weighted by atomic mass is 10.2. The van der Waals surface area contributed by atoms with Gasteiger partial charge in [0.2, 0.25) is 0 Å². The lowest BCUT2D eigenvalue weighted by molar-refractivity contribution is -0.139. The Labute approximate surface area is 69.7 Å². The predicted octanol–water partition coefficient (Wildman–Crippen LogP) is 1.03. The molecule has 0 bridgehead atoms. The van der Waals surface area contributed by atoms with Gasteiger partial charge in [-0.2, -0.15) is 5.43 Å². The maximum absolute atomic E-state index is 12.2. The largest absolute Gasteiger partial charge is 0.274 e. The Morgan fingerprint density at radius 2 is 2.08 bits per heavy atom. The zero-order chi connectivity index (χ0) is 8.81. The van der Waals surface area contributed by atoms with E-state index in [2.05, 4.69) is 5.43 Å². The molecule has 0 fully saturated rings. The van der Waals surface area contributed by atoms with Crippen molar-refractivity contribution in [2.45, 2.75) is 6.54 Å². The number of benzene rings is 1. The van der Waals surface area contributed by atoms with Crippen molar-refractivity contribution in [3.63, 3.8) is 0 Å². The minimum absolute atomic E-state index is 0.0724. The van der Waals surface area contributed by atoms with E-state index in [1.807, 2.05) is 30.3 Å². The summed E-state index contributed by atoms with van der Waals surface area (Å²) in [4.78, 5) is 9.81. The topological polar surface area (TPSA) is 32.3 Å². The Balaban J connectivity index is 2.38. The summed E-state index contributed by atoms with van der Waals surface area (Å²) < 4.78 is 12.2. The molecule has 0 aromatic heterocycles. The lowest BCUT2D eigenvalue weighted by Crippen LogP contribution is -2.28. The zero-order valence-corrected chi connectivity index (χ0v) is 6.40.